The summed E-state index contributed by atoms with van der Waals surface area (Å²) in [5, 5.41) is 22.8. The lowest BCUT2D eigenvalue weighted by atomic mass is 9.89. The zero-order valence-electron chi connectivity index (χ0n) is 11.4. The quantitative estimate of drug-likeness (QED) is 0.615. The number of nitro groups is 1. The van der Waals surface area contributed by atoms with Gasteiger partial charge in [0.25, 0.3) is 5.69 Å². The number of hydrogen-bond donors (Lipinski definition) is 2. The van der Waals surface area contributed by atoms with Gasteiger partial charge in [-0.2, -0.15) is 0 Å². The molecule has 1 aromatic rings. The SMILES string of the molecule is Cc1cc(NCC(C)(C)CCO)c([N+](=O)[O-])cc1F. The second kappa shape index (κ2) is 5.97. The number of benzene rings is 1. The van der Waals surface area contributed by atoms with Gasteiger partial charge in [0.1, 0.15) is 11.5 Å². The fraction of sp³-hybridized carbons (Fsp3) is 0.538. The first kappa shape index (κ1) is 15.4. The standard InChI is InChI=1S/C13H19FN2O3/c1-9-6-11(12(16(18)19)7-10(9)14)15-8-13(2,3)4-5-17/h6-7,15,17H,4-5,8H2,1-3H3. The lowest BCUT2D eigenvalue weighted by Gasteiger charge is -2.24. The third kappa shape index (κ3) is 4.17. The molecule has 0 heterocycles. The van der Waals surface area contributed by atoms with E-state index < -0.39 is 10.7 Å². The second-order valence-electron chi connectivity index (χ2n) is 5.37. The van der Waals surface area contributed by atoms with Gasteiger partial charge in [0, 0.05) is 13.2 Å². The van der Waals surface area contributed by atoms with Crippen LogP contribution in [-0.2, 0) is 0 Å². The summed E-state index contributed by atoms with van der Waals surface area (Å²) in [6.07, 6.45) is 0.577. The molecule has 0 saturated carbocycles. The average Bonchev–Trinajstić information content (AvgIpc) is 2.30. The van der Waals surface area contributed by atoms with Crippen LogP contribution in [0.4, 0.5) is 15.8 Å². The first-order valence-corrected chi connectivity index (χ1v) is 6.06. The molecule has 0 amide bonds. The Labute approximate surface area is 111 Å². The van der Waals surface area contributed by atoms with Crippen LogP contribution in [0, 0.1) is 28.3 Å². The van der Waals surface area contributed by atoms with Gasteiger partial charge in [-0.05, 0) is 30.4 Å². The molecule has 0 spiro atoms. The maximum atomic E-state index is 13.3. The van der Waals surface area contributed by atoms with Gasteiger partial charge < -0.3 is 10.4 Å². The van der Waals surface area contributed by atoms with Crippen LogP contribution in [0.2, 0.25) is 0 Å². The topological polar surface area (TPSA) is 75.4 Å². The van der Waals surface area contributed by atoms with Gasteiger partial charge >= 0.3 is 0 Å². The van der Waals surface area contributed by atoms with E-state index in [0.29, 0.717) is 24.2 Å². The molecule has 0 aromatic heterocycles. The number of anilines is 1. The van der Waals surface area contributed by atoms with Crippen molar-refractivity contribution in [2.24, 2.45) is 5.41 Å². The normalized spacial score (nSPS) is 11.4. The molecule has 1 rings (SSSR count). The summed E-state index contributed by atoms with van der Waals surface area (Å²) in [5.74, 6) is -0.591. The predicted octanol–water partition coefficient (Wildman–Crippen LogP) is 2.86. The largest absolute Gasteiger partial charge is 0.396 e. The minimum atomic E-state index is -0.607. The van der Waals surface area contributed by atoms with Gasteiger partial charge in [-0.25, -0.2) is 4.39 Å². The highest BCUT2D eigenvalue weighted by Crippen LogP contribution is 2.29. The van der Waals surface area contributed by atoms with Crippen molar-refractivity contribution in [3.05, 3.63) is 33.6 Å². The Hall–Kier alpha value is -1.69. The fourth-order valence-electron chi connectivity index (χ4n) is 1.69. The zero-order valence-corrected chi connectivity index (χ0v) is 11.4. The van der Waals surface area contributed by atoms with Crippen molar-refractivity contribution in [3.8, 4) is 0 Å². The van der Waals surface area contributed by atoms with Gasteiger partial charge in [-0.1, -0.05) is 13.8 Å². The summed E-state index contributed by atoms with van der Waals surface area (Å²) >= 11 is 0. The third-order valence-electron chi connectivity index (χ3n) is 3.02. The molecule has 2 N–H and O–H groups in total. The number of halogens is 1. The van der Waals surface area contributed by atoms with E-state index in [4.69, 9.17) is 5.11 Å². The highest BCUT2D eigenvalue weighted by atomic mass is 19.1. The molecule has 0 unspecified atom stereocenters. The van der Waals surface area contributed by atoms with Gasteiger partial charge in [0.05, 0.1) is 11.0 Å². The zero-order chi connectivity index (χ0) is 14.6. The van der Waals surface area contributed by atoms with Crippen LogP contribution < -0.4 is 5.32 Å². The summed E-state index contributed by atoms with van der Waals surface area (Å²) < 4.78 is 13.3. The van der Waals surface area contributed by atoms with E-state index in [1.165, 1.54) is 6.07 Å². The van der Waals surface area contributed by atoms with Gasteiger partial charge in [-0.15, -0.1) is 0 Å². The van der Waals surface area contributed by atoms with E-state index in [2.05, 4.69) is 5.32 Å². The van der Waals surface area contributed by atoms with Crippen molar-refractivity contribution in [1.29, 1.82) is 0 Å². The minimum absolute atomic E-state index is 0.0548. The Morgan fingerprint density at radius 1 is 1.47 bits per heavy atom. The molecule has 0 radical (unpaired) electrons. The summed E-state index contributed by atoms with van der Waals surface area (Å²) in [6, 6.07) is 2.36. The highest BCUT2D eigenvalue weighted by Gasteiger charge is 2.21. The molecule has 0 saturated heterocycles. The Balaban J connectivity index is 2.94. The second-order valence-corrected chi connectivity index (χ2v) is 5.37. The Morgan fingerprint density at radius 3 is 2.63 bits per heavy atom. The molecule has 0 aliphatic rings. The Kier molecular flexibility index (Phi) is 4.83. The number of aliphatic hydroxyl groups excluding tert-OH is 1. The van der Waals surface area contributed by atoms with Gasteiger partial charge in [0.15, 0.2) is 0 Å². The molecule has 6 heteroatoms. The lowest BCUT2D eigenvalue weighted by Crippen LogP contribution is -2.24. The van der Waals surface area contributed by atoms with E-state index >= 15 is 0 Å². The van der Waals surface area contributed by atoms with Crippen LogP contribution in [-0.4, -0.2) is 23.2 Å². The first-order valence-electron chi connectivity index (χ1n) is 6.06. The van der Waals surface area contributed by atoms with Crippen molar-refractivity contribution in [1.82, 2.24) is 0 Å². The molecule has 1 aromatic carbocycles. The van der Waals surface area contributed by atoms with Crippen LogP contribution in [0.25, 0.3) is 0 Å². The van der Waals surface area contributed by atoms with Crippen LogP contribution in [0.3, 0.4) is 0 Å². The number of aliphatic hydroxyl groups is 1. The monoisotopic (exact) mass is 270 g/mol. The van der Waals surface area contributed by atoms with Crippen LogP contribution in [0.1, 0.15) is 25.8 Å². The van der Waals surface area contributed by atoms with E-state index in [-0.39, 0.29) is 17.7 Å². The predicted molar refractivity (Wildman–Crippen MR) is 71.8 cm³/mol. The number of rotatable bonds is 6. The molecule has 0 fully saturated rings. The number of nitrogens with zero attached hydrogens (tertiary/aromatic N) is 1. The Morgan fingerprint density at radius 2 is 2.11 bits per heavy atom. The van der Waals surface area contributed by atoms with Crippen molar-refractivity contribution < 1.29 is 14.4 Å². The van der Waals surface area contributed by atoms with E-state index in [1.54, 1.807) is 6.92 Å². The molecular weight excluding hydrogens is 251 g/mol. The number of nitro benzene ring substituents is 1. The number of hydrogen-bond acceptors (Lipinski definition) is 4. The van der Waals surface area contributed by atoms with Gasteiger partial charge in [-0.3, -0.25) is 10.1 Å². The van der Waals surface area contributed by atoms with Crippen LogP contribution >= 0.6 is 0 Å². The molecule has 106 valence electrons. The summed E-state index contributed by atoms with van der Waals surface area (Å²) in [5.41, 5.74) is 0.177. The minimum Gasteiger partial charge on any atom is -0.396 e. The number of nitrogens with one attached hydrogen (secondary N) is 1. The average molecular weight is 270 g/mol. The Bertz CT molecular complexity index is 475. The maximum Gasteiger partial charge on any atom is 0.295 e. The summed E-state index contributed by atoms with van der Waals surface area (Å²) in [6.45, 7) is 5.96. The maximum absolute atomic E-state index is 13.3. The van der Waals surface area contributed by atoms with Crippen molar-refractivity contribution in [2.75, 3.05) is 18.5 Å². The fourth-order valence-corrected chi connectivity index (χ4v) is 1.69. The smallest absolute Gasteiger partial charge is 0.295 e. The van der Waals surface area contributed by atoms with Crippen molar-refractivity contribution in [2.45, 2.75) is 27.2 Å². The first-order chi connectivity index (χ1) is 8.76. The van der Waals surface area contributed by atoms with Crippen LogP contribution in [0.5, 0.6) is 0 Å². The van der Waals surface area contributed by atoms with E-state index in [1.807, 2.05) is 13.8 Å². The molecular formula is C13H19FN2O3. The van der Waals surface area contributed by atoms with Gasteiger partial charge in [0.2, 0.25) is 0 Å². The molecule has 0 atom stereocenters. The van der Waals surface area contributed by atoms with E-state index in [9.17, 15) is 14.5 Å². The third-order valence-corrected chi connectivity index (χ3v) is 3.02. The summed E-state index contributed by atoms with van der Waals surface area (Å²) in [4.78, 5) is 10.3. The number of aryl methyl sites for hydroxylation is 1. The lowest BCUT2D eigenvalue weighted by molar-refractivity contribution is -0.384. The molecule has 0 bridgehead atoms. The molecule has 19 heavy (non-hydrogen) atoms. The highest BCUT2D eigenvalue weighted by molar-refractivity contribution is 5.63. The van der Waals surface area contributed by atoms with Crippen LogP contribution in [0.15, 0.2) is 12.1 Å². The van der Waals surface area contributed by atoms with Crippen molar-refractivity contribution >= 4 is 11.4 Å². The molecule has 0 aliphatic heterocycles. The summed E-state index contributed by atoms with van der Waals surface area (Å²) in [7, 11) is 0. The van der Waals surface area contributed by atoms with Crippen molar-refractivity contribution in [3.63, 3.8) is 0 Å². The molecule has 0 aliphatic carbocycles. The molecule has 5 nitrogen and oxygen atoms in total. The van der Waals surface area contributed by atoms with E-state index in [0.717, 1.165) is 6.07 Å².